The Hall–Kier alpha value is -1.01. The molecule has 1 aliphatic heterocycles. The molecule has 0 radical (unpaired) electrons. The van der Waals surface area contributed by atoms with Crippen LogP contribution >= 0.6 is 15.9 Å². The van der Waals surface area contributed by atoms with Crippen LogP contribution in [0, 0.1) is 5.92 Å². The van der Waals surface area contributed by atoms with E-state index in [0.717, 1.165) is 6.42 Å². The standard InChI is InChI=1S/C10H11BrN4O/c11-8-3-12-4-9(14-8)15-10(16)7-2-5-1-6(5)13-7/h3-7,13H,1-2H2,(H,14,15,16)/t5-,6+,7-/m0/s1. The number of carbonyl (C=O) groups excluding carboxylic acids is 1. The fraction of sp³-hybridized carbons (Fsp3) is 0.500. The van der Waals surface area contributed by atoms with Crippen molar-refractivity contribution in [1.29, 1.82) is 0 Å². The first-order valence-corrected chi connectivity index (χ1v) is 6.06. The summed E-state index contributed by atoms with van der Waals surface area (Å²) in [6, 6.07) is 0.508. The molecule has 1 amide bonds. The maximum atomic E-state index is 11.8. The summed E-state index contributed by atoms with van der Waals surface area (Å²) in [6.07, 6.45) is 5.29. The zero-order chi connectivity index (χ0) is 11.1. The van der Waals surface area contributed by atoms with Crippen LogP contribution in [0.4, 0.5) is 5.82 Å². The number of hydrogen-bond donors (Lipinski definition) is 2. The van der Waals surface area contributed by atoms with Crippen LogP contribution in [-0.2, 0) is 4.79 Å². The lowest BCUT2D eigenvalue weighted by Crippen LogP contribution is -2.38. The lowest BCUT2D eigenvalue weighted by atomic mass is 10.2. The number of piperidine rings is 1. The van der Waals surface area contributed by atoms with Gasteiger partial charge in [-0.25, -0.2) is 4.98 Å². The van der Waals surface area contributed by atoms with E-state index in [2.05, 4.69) is 36.5 Å². The number of hydrogen-bond acceptors (Lipinski definition) is 4. The Kier molecular flexibility index (Phi) is 2.40. The van der Waals surface area contributed by atoms with E-state index < -0.39 is 0 Å². The van der Waals surface area contributed by atoms with Crippen molar-refractivity contribution in [3.63, 3.8) is 0 Å². The van der Waals surface area contributed by atoms with Gasteiger partial charge in [-0.2, -0.15) is 0 Å². The third kappa shape index (κ3) is 1.94. The molecule has 1 saturated heterocycles. The highest BCUT2D eigenvalue weighted by molar-refractivity contribution is 9.10. The summed E-state index contributed by atoms with van der Waals surface area (Å²) in [4.78, 5) is 19.9. The number of rotatable bonds is 2. The quantitative estimate of drug-likeness (QED) is 0.847. The maximum Gasteiger partial charge on any atom is 0.242 e. The van der Waals surface area contributed by atoms with Crippen LogP contribution < -0.4 is 10.6 Å². The second-order valence-corrected chi connectivity index (χ2v) is 5.09. The highest BCUT2D eigenvalue weighted by Crippen LogP contribution is 2.40. The van der Waals surface area contributed by atoms with E-state index in [9.17, 15) is 4.79 Å². The predicted molar refractivity (Wildman–Crippen MR) is 61.8 cm³/mol. The van der Waals surface area contributed by atoms with Crippen LogP contribution in [0.5, 0.6) is 0 Å². The topological polar surface area (TPSA) is 66.9 Å². The second kappa shape index (κ2) is 3.78. The summed E-state index contributed by atoms with van der Waals surface area (Å²) in [5.74, 6) is 1.19. The fourth-order valence-electron chi connectivity index (χ4n) is 2.14. The molecule has 16 heavy (non-hydrogen) atoms. The Bertz CT molecular complexity index is 429. The summed E-state index contributed by atoms with van der Waals surface area (Å²) < 4.78 is 0.618. The van der Waals surface area contributed by atoms with Gasteiger partial charge in [-0.3, -0.25) is 9.78 Å². The summed E-state index contributed by atoms with van der Waals surface area (Å²) in [5.41, 5.74) is 0. The number of amides is 1. The third-order valence-electron chi connectivity index (χ3n) is 3.05. The van der Waals surface area contributed by atoms with E-state index in [1.807, 2.05) is 0 Å². The van der Waals surface area contributed by atoms with Crippen LogP contribution in [0.15, 0.2) is 17.0 Å². The summed E-state index contributed by atoms with van der Waals surface area (Å²) in [5, 5.41) is 6.05. The van der Waals surface area contributed by atoms with E-state index in [4.69, 9.17) is 0 Å². The normalized spacial score (nSPS) is 30.9. The van der Waals surface area contributed by atoms with Crippen LogP contribution in [0.2, 0.25) is 0 Å². The van der Waals surface area contributed by atoms with Crippen molar-refractivity contribution in [1.82, 2.24) is 15.3 Å². The fourth-order valence-corrected chi connectivity index (χ4v) is 2.45. The SMILES string of the molecule is O=C(Nc1cncc(Br)n1)[C@@H]1C[C@@H]2C[C@H]2N1. The van der Waals surface area contributed by atoms with Crippen molar-refractivity contribution < 1.29 is 4.79 Å². The van der Waals surface area contributed by atoms with Crippen LogP contribution in [-0.4, -0.2) is 28.0 Å². The minimum Gasteiger partial charge on any atom is -0.308 e. The van der Waals surface area contributed by atoms with E-state index >= 15 is 0 Å². The number of anilines is 1. The van der Waals surface area contributed by atoms with Gasteiger partial charge in [-0.1, -0.05) is 0 Å². The molecule has 0 unspecified atom stereocenters. The van der Waals surface area contributed by atoms with Crippen molar-refractivity contribution in [2.75, 3.05) is 5.32 Å². The molecule has 2 N–H and O–H groups in total. The van der Waals surface area contributed by atoms with Crippen molar-refractivity contribution in [2.24, 2.45) is 5.92 Å². The van der Waals surface area contributed by atoms with Gasteiger partial charge in [0.1, 0.15) is 4.60 Å². The van der Waals surface area contributed by atoms with Crippen LogP contribution in [0.1, 0.15) is 12.8 Å². The Balaban J connectivity index is 1.64. The smallest absolute Gasteiger partial charge is 0.242 e. The number of carbonyl (C=O) groups is 1. The summed E-state index contributed by atoms with van der Waals surface area (Å²) in [6.45, 7) is 0. The van der Waals surface area contributed by atoms with Gasteiger partial charge in [0.2, 0.25) is 5.91 Å². The molecule has 2 fully saturated rings. The van der Waals surface area contributed by atoms with Gasteiger partial charge >= 0.3 is 0 Å². The first kappa shape index (κ1) is 10.2. The van der Waals surface area contributed by atoms with Gasteiger partial charge in [0.25, 0.3) is 0 Å². The molecular formula is C10H11BrN4O. The van der Waals surface area contributed by atoms with Crippen molar-refractivity contribution in [3.8, 4) is 0 Å². The highest BCUT2D eigenvalue weighted by Gasteiger charge is 2.47. The van der Waals surface area contributed by atoms with E-state index in [-0.39, 0.29) is 11.9 Å². The van der Waals surface area contributed by atoms with Gasteiger partial charge in [0.05, 0.1) is 18.4 Å². The Labute approximate surface area is 101 Å². The van der Waals surface area contributed by atoms with E-state index in [1.54, 1.807) is 12.4 Å². The Morgan fingerprint density at radius 3 is 3.06 bits per heavy atom. The molecule has 3 rings (SSSR count). The van der Waals surface area contributed by atoms with Gasteiger partial charge in [-0.15, -0.1) is 0 Å². The molecular weight excluding hydrogens is 272 g/mol. The van der Waals surface area contributed by atoms with Crippen LogP contribution in [0.25, 0.3) is 0 Å². The first-order chi connectivity index (χ1) is 7.72. The molecule has 6 heteroatoms. The van der Waals surface area contributed by atoms with E-state index in [1.165, 1.54) is 6.42 Å². The number of halogens is 1. The molecule has 1 aromatic heterocycles. The van der Waals surface area contributed by atoms with Gasteiger partial charge in [-0.05, 0) is 34.7 Å². The van der Waals surface area contributed by atoms with E-state index in [0.29, 0.717) is 22.4 Å². The molecule has 0 spiro atoms. The molecule has 1 aromatic rings. The molecule has 1 saturated carbocycles. The third-order valence-corrected chi connectivity index (χ3v) is 3.43. The average Bonchev–Trinajstić information content (AvgIpc) is 2.86. The Morgan fingerprint density at radius 2 is 2.38 bits per heavy atom. The number of nitrogens with zero attached hydrogens (tertiary/aromatic N) is 2. The Morgan fingerprint density at radius 1 is 1.50 bits per heavy atom. The number of aromatic nitrogens is 2. The minimum atomic E-state index is -0.0652. The first-order valence-electron chi connectivity index (χ1n) is 5.27. The number of nitrogens with one attached hydrogen (secondary N) is 2. The molecule has 2 heterocycles. The lowest BCUT2D eigenvalue weighted by molar-refractivity contribution is -0.118. The van der Waals surface area contributed by atoms with Crippen molar-refractivity contribution in [2.45, 2.75) is 24.9 Å². The largest absolute Gasteiger partial charge is 0.308 e. The highest BCUT2D eigenvalue weighted by atomic mass is 79.9. The monoisotopic (exact) mass is 282 g/mol. The van der Waals surface area contributed by atoms with Gasteiger partial charge in [0.15, 0.2) is 5.82 Å². The molecule has 5 nitrogen and oxygen atoms in total. The molecule has 84 valence electrons. The van der Waals surface area contributed by atoms with Crippen molar-refractivity contribution >= 4 is 27.7 Å². The molecule has 0 bridgehead atoms. The van der Waals surface area contributed by atoms with Gasteiger partial charge in [0, 0.05) is 6.04 Å². The molecule has 3 atom stereocenters. The average molecular weight is 283 g/mol. The van der Waals surface area contributed by atoms with Gasteiger partial charge < -0.3 is 10.6 Å². The number of fused-ring (bicyclic) bond motifs is 1. The zero-order valence-electron chi connectivity index (χ0n) is 8.48. The van der Waals surface area contributed by atoms with Crippen LogP contribution in [0.3, 0.4) is 0 Å². The minimum absolute atomic E-state index is 0.0143. The molecule has 1 aliphatic carbocycles. The molecule has 0 aromatic carbocycles. The summed E-state index contributed by atoms with van der Waals surface area (Å²) in [7, 11) is 0. The predicted octanol–water partition coefficient (Wildman–Crippen LogP) is 0.928. The second-order valence-electron chi connectivity index (χ2n) is 4.27. The maximum absolute atomic E-state index is 11.8. The lowest BCUT2D eigenvalue weighted by Gasteiger charge is -2.12. The molecule has 2 aliphatic rings. The zero-order valence-corrected chi connectivity index (χ0v) is 10.1. The summed E-state index contributed by atoms with van der Waals surface area (Å²) >= 11 is 3.21. The van der Waals surface area contributed by atoms with Crippen molar-refractivity contribution in [3.05, 3.63) is 17.0 Å².